The first-order valence-electron chi connectivity index (χ1n) is 8.62. The lowest BCUT2D eigenvalue weighted by atomic mass is 9.97. The van der Waals surface area contributed by atoms with Crippen LogP contribution in [-0.2, 0) is 19.1 Å². The normalized spacial score (nSPS) is 15.0. The number of nitrogens with zero attached hydrogens (tertiary/aromatic N) is 5. The van der Waals surface area contributed by atoms with Gasteiger partial charge in [-0.1, -0.05) is 0 Å². The SMILES string of the molecule is COC(=O)C1CCN(C(=O)COC(=O)c2nc3nc(C)cc(C)n3n2)CC1. The largest absolute Gasteiger partial charge is 0.469 e. The van der Waals surface area contributed by atoms with Crippen molar-refractivity contribution < 1.29 is 23.9 Å². The Morgan fingerprint density at radius 2 is 1.89 bits per heavy atom. The molecule has 3 heterocycles. The van der Waals surface area contributed by atoms with Gasteiger partial charge in [-0.15, -0.1) is 5.10 Å². The van der Waals surface area contributed by atoms with Crippen molar-refractivity contribution in [3.8, 4) is 0 Å². The van der Waals surface area contributed by atoms with E-state index in [1.54, 1.807) is 4.90 Å². The van der Waals surface area contributed by atoms with Gasteiger partial charge in [0.25, 0.3) is 17.5 Å². The number of hydrogen-bond donors (Lipinski definition) is 0. The zero-order valence-electron chi connectivity index (χ0n) is 15.5. The van der Waals surface area contributed by atoms with Gasteiger partial charge in [0.05, 0.1) is 13.0 Å². The van der Waals surface area contributed by atoms with Crippen molar-refractivity contribution in [3.63, 3.8) is 0 Å². The average molecular weight is 375 g/mol. The molecule has 10 heteroatoms. The van der Waals surface area contributed by atoms with Crippen LogP contribution in [0.5, 0.6) is 0 Å². The Balaban J connectivity index is 1.56. The van der Waals surface area contributed by atoms with Crippen LogP contribution in [0.2, 0.25) is 0 Å². The second-order valence-electron chi connectivity index (χ2n) is 6.44. The monoisotopic (exact) mass is 375 g/mol. The highest BCUT2D eigenvalue weighted by molar-refractivity contribution is 5.88. The molecule has 2 aromatic heterocycles. The number of ether oxygens (including phenoxy) is 2. The van der Waals surface area contributed by atoms with E-state index in [1.165, 1.54) is 11.6 Å². The third kappa shape index (κ3) is 4.04. The van der Waals surface area contributed by atoms with E-state index in [4.69, 9.17) is 9.47 Å². The summed E-state index contributed by atoms with van der Waals surface area (Å²) in [7, 11) is 1.35. The fraction of sp³-hybridized carbons (Fsp3) is 0.529. The van der Waals surface area contributed by atoms with E-state index in [0.29, 0.717) is 31.7 Å². The van der Waals surface area contributed by atoms with Crippen LogP contribution in [0.15, 0.2) is 6.07 Å². The van der Waals surface area contributed by atoms with Gasteiger partial charge in [0, 0.05) is 24.5 Å². The maximum absolute atomic E-state index is 12.2. The molecule has 1 saturated heterocycles. The quantitative estimate of drug-likeness (QED) is 0.701. The van der Waals surface area contributed by atoms with E-state index in [-0.39, 0.29) is 23.6 Å². The first-order valence-corrected chi connectivity index (χ1v) is 8.62. The standard InChI is InChI=1S/C17H21N5O5/c1-10-8-11(2)22-17(18-10)19-14(20-22)16(25)27-9-13(23)21-6-4-12(5-7-21)15(24)26-3/h8,12H,4-7,9H2,1-3H3. The average Bonchev–Trinajstić information content (AvgIpc) is 3.09. The van der Waals surface area contributed by atoms with Gasteiger partial charge in [-0.25, -0.2) is 14.3 Å². The highest BCUT2D eigenvalue weighted by Crippen LogP contribution is 2.18. The number of hydrogen-bond acceptors (Lipinski definition) is 8. The van der Waals surface area contributed by atoms with Crippen molar-refractivity contribution in [2.45, 2.75) is 26.7 Å². The van der Waals surface area contributed by atoms with Gasteiger partial charge in [0.1, 0.15) is 0 Å². The molecule has 1 amide bonds. The first-order chi connectivity index (χ1) is 12.9. The summed E-state index contributed by atoms with van der Waals surface area (Å²) in [4.78, 5) is 45.7. The summed E-state index contributed by atoms with van der Waals surface area (Å²) in [6.07, 6.45) is 1.06. The summed E-state index contributed by atoms with van der Waals surface area (Å²) >= 11 is 0. The van der Waals surface area contributed by atoms with Crippen molar-refractivity contribution in [2.75, 3.05) is 26.8 Å². The zero-order chi connectivity index (χ0) is 19.6. The highest BCUT2D eigenvalue weighted by Gasteiger charge is 2.28. The van der Waals surface area contributed by atoms with Crippen LogP contribution < -0.4 is 0 Å². The Morgan fingerprint density at radius 3 is 2.56 bits per heavy atom. The van der Waals surface area contributed by atoms with Gasteiger partial charge in [0.2, 0.25) is 0 Å². The van der Waals surface area contributed by atoms with E-state index in [1.807, 2.05) is 19.9 Å². The Hall–Kier alpha value is -3.04. The summed E-state index contributed by atoms with van der Waals surface area (Å²) < 4.78 is 11.2. The molecule has 10 nitrogen and oxygen atoms in total. The summed E-state index contributed by atoms with van der Waals surface area (Å²) in [5, 5.41) is 4.07. The number of carbonyl (C=O) groups excluding carboxylic acids is 3. The minimum atomic E-state index is -0.782. The van der Waals surface area contributed by atoms with Crippen LogP contribution in [0.1, 0.15) is 34.8 Å². The first kappa shape index (κ1) is 18.7. The Bertz CT molecular complexity index is 885. The predicted molar refractivity (Wildman–Crippen MR) is 91.9 cm³/mol. The number of carbonyl (C=O) groups is 3. The van der Waals surface area contributed by atoms with Gasteiger partial charge >= 0.3 is 11.9 Å². The molecule has 0 atom stereocenters. The van der Waals surface area contributed by atoms with E-state index >= 15 is 0 Å². The second kappa shape index (κ2) is 7.68. The number of piperidine rings is 1. The van der Waals surface area contributed by atoms with Crippen LogP contribution in [0, 0.1) is 19.8 Å². The fourth-order valence-corrected chi connectivity index (χ4v) is 3.07. The van der Waals surface area contributed by atoms with Crippen LogP contribution in [-0.4, -0.2) is 69.1 Å². The number of esters is 2. The molecule has 144 valence electrons. The molecule has 0 N–H and O–H groups in total. The van der Waals surface area contributed by atoms with Crippen LogP contribution in [0.25, 0.3) is 5.78 Å². The third-order valence-electron chi connectivity index (χ3n) is 4.51. The predicted octanol–water partition coefficient (Wildman–Crippen LogP) is 0.310. The molecule has 27 heavy (non-hydrogen) atoms. The van der Waals surface area contributed by atoms with Gasteiger partial charge in [-0.3, -0.25) is 9.59 Å². The van der Waals surface area contributed by atoms with Gasteiger partial charge in [-0.05, 0) is 32.8 Å². The third-order valence-corrected chi connectivity index (χ3v) is 4.51. The number of amides is 1. The van der Waals surface area contributed by atoms with Crippen molar-refractivity contribution in [2.24, 2.45) is 5.92 Å². The molecule has 0 saturated carbocycles. The minimum Gasteiger partial charge on any atom is -0.469 e. The smallest absolute Gasteiger partial charge is 0.378 e. The highest BCUT2D eigenvalue weighted by atomic mass is 16.5. The maximum atomic E-state index is 12.2. The van der Waals surface area contributed by atoms with Crippen molar-refractivity contribution in [1.29, 1.82) is 0 Å². The number of rotatable bonds is 4. The molecule has 0 unspecified atom stereocenters. The molecule has 0 bridgehead atoms. The number of likely N-dealkylation sites (tertiary alicyclic amines) is 1. The second-order valence-corrected chi connectivity index (χ2v) is 6.44. The molecule has 0 spiro atoms. The lowest BCUT2D eigenvalue weighted by molar-refractivity contribution is -0.149. The van der Waals surface area contributed by atoms with Gasteiger partial charge < -0.3 is 14.4 Å². The molecule has 0 aliphatic carbocycles. The molecule has 2 aromatic rings. The van der Waals surface area contributed by atoms with E-state index in [2.05, 4.69) is 15.1 Å². The molecular formula is C17H21N5O5. The Kier molecular flexibility index (Phi) is 5.33. The molecule has 3 rings (SSSR count). The molecule has 0 radical (unpaired) electrons. The molecule has 1 fully saturated rings. The van der Waals surface area contributed by atoms with E-state index in [9.17, 15) is 14.4 Å². The van der Waals surface area contributed by atoms with Crippen LogP contribution in [0.3, 0.4) is 0 Å². The number of fused-ring (bicyclic) bond motifs is 1. The van der Waals surface area contributed by atoms with Crippen molar-refractivity contribution in [3.05, 3.63) is 23.3 Å². The summed E-state index contributed by atoms with van der Waals surface area (Å²) in [6, 6.07) is 1.82. The zero-order valence-corrected chi connectivity index (χ0v) is 15.5. The van der Waals surface area contributed by atoms with Gasteiger partial charge in [-0.2, -0.15) is 4.98 Å². The van der Waals surface area contributed by atoms with Crippen LogP contribution >= 0.6 is 0 Å². The maximum Gasteiger partial charge on any atom is 0.378 e. The van der Waals surface area contributed by atoms with E-state index < -0.39 is 12.6 Å². The summed E-state index contributed by atoms with van der Waals surface area (Å²) in [5.74, 6) is -1.39. The Morgan fingerprint density at radius 1 is 1.19 bits per heavy atom. The van der Waals surface area contributed by atoms with Crippen LogP contribution in [0.4, 0.5) is 0 Å². The van der Waals surface area contributed by atoms with E-state index in [0.717, 1.165) is 11.4 Å². The molecule has 0 aromatic carbocycles. The fourth-order valence-electron chi connectivity index (χ4n) is 3.07. The number of aromatic nitrogens is 4. The van der Waals surface area contributed by atoms with Crippen molar-refractivity contribution >= 4 is 23.6 Å². The summed E-state index contributed by atoms with van der Waals surface area (Å²) in [5.41, 5.74) is 1.55. The summed E-state index contributed by atoms with van der Waals surface area (Å²) in [6.45, 7) is 4.09. The molecular weight excluding hydrogens is 354 g/mol. The minimum absolute atomic E-state index is 0.145. The molecule has 1 aliphatic rings. The topological polar surface area (TPSA) is 116 Å². The van der Waals surface area contributed by atoms with Gasteiger partial charge in [0.15, 0.2) is 6.61 Å². The Labute approximate surface area is 155 Å². The lowest BCUT2D eigenvalue weighted by Gasteiger charge is -2.30. The molecule has 1 aliphatic heterocycles. The number of methoxy groups -OCH3 is 1. The number of aryl methyl sites for hydroxylation is 2. The lowest BCUT2D eigenvalue weighted by Crippen LogP contribution is -2.42. The van der Waals surface area contributed by atoms with Crippen molar-refractivity contribution in [1.82, 2.24) is 24.5 Å².